The number of fused-ring (bicyclic) bond motifs is 1. The average molecular weight is 645 g/mol. The zero-order valence-corrected chi connectivity index (χ0v) is 25.9. The van der Waals surface area contributed by atoms with E-state index >= 15 is 0 Å². The van der Waals surface area contributed by atoms with E-state index in [1.807, 2.05) is 19.9 Å². The standard InChI is InChI=1S/C33H34F2N8O4/c1-19-15-21(3-4-22(19)32(45)41-10-12-42(13-11-41)33(46)24-16-26(44)20(2)17-38-24)40-30-31-39-18-25(43(31)9-8-37-30)23-5-6-27(47-14-7-36)29(35)28(23)34/h3-6,8-9,15,18,20,24,26,38,44H,10-14,16-17H2,1-2H3,(H,37,40)/t20?,24?,26-/m0/s1. The van der Waals surface area contributed by atoms with Gasteiger partial charge in [0.25, 0.3) is 5.91 Å². The second-order valence-electron chi connectivity index (χ2n) is 11.8. The number of halogens is 2. The number of nitrogens with one attached hydrogen (secondary N) is 2. The average Bonchev–Trinajstić information content (AvgIpc) is 3.51. The molecule has 2 saturated heterocycles. The lowest BCUT2D eigenvalue weighted by Gasteiger charge is -2.39. The van der Waals surface area contributed by atoms with E-state index in [0.29, 0.717) is 61.9 Å². The molecule has 47 heavy (non-hydrogen) atoms. The first-order valence-corrected chi connectivity index (χ1v) is 15.3. The van der Waals surface area contributed by atoms with Crippen molar-refractivity contribution in [3.63, 3.8) is 0 Å². The van der Waals surface area contributed by atoms with Gasteiger partial charge in [0.2, 0.25) is 11.7 Å². The summed E-state index contributed by atoms with van der Waals surface area (Å²) in [5.41, 5.74) is 2.53. The Bertz CT molecular complexity index is 1870. The van der Waals surface area contributed by atoms with Crippen LogP contribution in [0.1, 0.15) is 29.3 Å². The Morgan fingerprint density at radius 2 is 1.89 bits per heavy atom. The van der Waals surface area contributed by atoms with E-state index in [-0.39, 0.29) is 34.7 Å². The maximum atomic E-state index is 15.0. The third kappa shape index (κ3) is 6.32. The van der Waals surface area contributed by atoms with Gasteiger partial charge >= 0.3 is 0 Å². The summed E-state index contributed by atoms with van der Waals surface area (Å²) in [5, 5.41) is 25.3. The van der Waals surface area contributed by atoms with E-state index < -0.39 is 30.4 Å². The number of aliphatic hydroxyl groups is 1. The second kappa shape index (κ2) is 13.3. The number of anilines is 2. The van der Waals surface area contributed by atoms with Crippen molar-refractivity contribution >= 4 is 29.0 Å². The highest BCUT2D eigenvalue weighted by Gasteiger charge is 2.34. The van der Waals surface area contributed by atoms with Crippen molar-refractivity contribution < 1.29 is 28.2 Å². The van der Waals surface area contributed by atoms with Crippen molar-refractivity contribution in [2.75, 3.05) is 44.6 Å². The number of hydrogen-bond donors (Lipinski definition) is 3. The number of benzene rings is 2. The summed E-state index contributed by atoms with van der Waals surface area (Å²) in [5.74, 6) is -2.39. The molecular formula is C33H34F2N8O4. The summed E-state index contributed by atoms with van der Waals surface area (Å²) in [4.78, 5) is 38.7. The molecule has 2 amide bonds. The highest BCUT2D eigenvalue weighted by Crippen LogP contribution is 2.32. The van der Waals surface area contributed by atoms with Gasteiger partial charge in [0.05, 0.1) is 24.0 Å². The first-order valence-electron chi connectivity index (χ1n) is 15.3. The molecule has 0 bridgehead atoms. The number of nitriles is 1. The molecule has 2 aliphatic heterocycles. The smallest absolute Gasteiger partial charge is 0.254 e. The van der Waals surface area contributed by atoms with Crippen LogP contribution in [-0.4, -0.2) is 92.6 Å². The maximum absolute atomic E-state index is 15.0. The Kier molecular flexibility index (Phi) is 9.01. The van der Waals surface area contributed by atoms with E-state index in [9.17, 15) is 23.5 Å². The Balaban J connectivity index is 1.13. The van der Waals surface area contributed by atoms with Crippen LogP contribution in [-0.2, 0) is 4.79 Å². The van der Waals surface area contributed by atoms with Crippen LogP contribution in [0.3, 0.4) is 0 Å². The van der Waals surface area contributed by atoms with Gasteiger partial charge in [0.1, 0.15) is 6.07 Å². The van der Waals surface area contributed by atoms with Gasteiger partial charge in [-0.3, -0.25) is 14.0 Å². The number of aliphatic hydroxyl groups excluding tert-OH is 1. The van der Waals surface area contributed by atoms with Gasteiger partial charge in [-0.05, 0) is 55.2 Å². The van der Waals surface area contributed by atoms with Gasteiger partial charge < -0.3 is 30.3 Å². The first kappa shape index (κ1) is 31.8. The molecule has 0 saturated carbocycles. The number of rotatable bonds is 7. The summed E-state index contributed by atoms with van der Waals surface area (Å²) < 4.78 is 36.1. The van der Waals surface area contributed by atoms with Crippen molar-refractivity contribution in [3.8, 4) is 23.1 Å². The van der Waals surface area contributed by atoms with Crippen molar-refractivity contribution in [1.82, 2.24) is 29.5 Å². The third-order valence-electron chi connectivity index (χ3n) is 8.76. The first-order chi connectivity index (χ1) is 22.7. The van der Waals surface area contributed by atoms with Gasteiger partial charge in [0.15, 0.2) is 29.6 Å². The van der Waals surface area contributed by atoms with Crippen LogP contribution in [0, 0.1) is 35.8 Å². The SMILES string of the molecule is Cc1cc(Nc2nccn3c(-c4ccc(OCC#N)c(F)c4F)cnc23)ccc1C(=O)N1CCN(C(=O)C2C[C@H](O)C(C)CN2)CC1. The Morgan fingerprint density at radius 3 is 2.62 bits per heavy atom. The van der Waals surface area contributed by atoms with Crippen LogP contribution < -0.4 is 15.4 Å². The third-order valence-corrected chi connectivity index (χ3v) is 8.76. The summed E-state index contributed by atoms with van der Waals surface area (Å²) in [6.45, 7) is 5.62. The molecule has 6 rings (SSSR count). The fourth-order valence-electron chi connectivity index (χ4n) is 6.01. The number of ether oxygens (including phenoxy) is 1. The van der Waals surface area contributed by atoms with Crippen LogP contribution in [0.25, 0.3) is 16.9 Å². The number of aryl methyl sites for hydroxylation is 1. The van der Waals surface area contributed by atoms with Crippen LogP contribution in [0.2, 0.25) is 0 Å². The minimum Gasteiger partial charge on any atom is -0.476 e. The van der Waals surface area contributed by atoms with Crippen molar-refractivity contribution in [3.05, 3.63) is 71.7 Å². The van der Waals surface area contributed by atoms with E-state index in [0.717, 1.165) is 5.56 Å². The molecule has 0 radical (unpaired) electrons. The summed E-state index contributed by atoms with van der Waals surface area (Å²) >= 11 is 0. The van der Waals surface area contributed by atoms with Crippen molar-refractivity contribution in [2.24, 2.45) is 5.92 Å². The topological polar surface area (TPSA) is 148 Å². The normalized spacial score (nSPS) is 19.8. The number of carbonyl (C=O) groups is 2. The maximum Gasteiger partial charge on any atom is 0.254 e. The van der Waals surface area contributed by atoms with Gasteiger partial charge in [-0.25, -0.2) is 14.4 Å². The quantitative estimate of drug-likeness (QED) is 0.276. The Hall–Kier alpha value is -5.13. The number of nitrogens with zero attached hydrogens (tertiary/aromatic N) is 6. The molecule has 244 valence electrons. The molecule has 2 unspecified atom stereocenters. The molecule has 12 nitrogen and oxygen atoms in total. The van der Waals surface area contributed by atoms with Crippen LogP contribution in [0.5, 0.6) is 5.75 Å². The molecule has 0 spiro atoms. The van der Waals surface area contributed by atoms with Crippen molar-refractivity contribution in [2.45, 2.75) is 32.4 Å². The Morgan fingerprint density at radius 1 is 1.13 bits per heavy atom. The molecule has 3 atom stereocenters. The van der Waals surface area contributed by atoms with Gasteiger partial charge in [-0.2, -0.15) is 9.65 Å². The van der Waals surface area contributed by atoms with Crippen LogP contribution in [0.15, 0.2) is 48.9 Å². The fraction of sp³-hybridized carbons (Fsp3) is 0.364. The van der Waals surface area contributed by atoms with E-state index in [1.165, 1.54) is 24.5 Å². The molecule has 0 aliphatic carbocycles. The summed E-state index contributed by atoms with van der Waals surface area (Å²) in [6.07, 6.45) is 4.37. The van der Waals surface area contributed by atoms with E-state index in [4.69, 9.17) is 10.00 Å². The molecule has 14 heteroatoms. The summed E-state index contributed by atoms with van der Waals surface area (Å²) in [7, 11) is 0. The second-order valence-corrected chi connectivity index (χ2v) is 11.8. The van der Waals surface area contributed by atoms with Gasteiger partial charge in [0, 0.05) is 61.9 Å². The molecular weight excluding hydrogens is 610 g/mol. The zero-order chi connectivity index (χ0) is 33.2. The predicted octanol–water partition coefficient (Wildman–Crippen LogP) is 3.27. The Labute approximate surface area is 269 Å². The summed E-state index contributed by atoms with van der Waals surface area (Å²) in [6, 6.07) is 9.24. The van der Waals surface area contributed by atoms with Crippen molar-refractivity contribution in [1.29, 1.82) is 5.26 Å². The number of piperazine rings is 1. The van der Waals surface area contributed by atoms with E-state index in [1.54, 1.807) is 38.6 Å². The molecule has 2 aliphatic rings. The minimum absolute atomic E-state index is 0.0419. The lowest BCUT2D eigenvalue weighted by atomic mass is 9.92. The number of piperidine rings is 1. The number of imidazole rings is 1. The molecule has 2 fully saturated rings. The molecule has 2 aromatic heterocycles. The number of hydrogen-bond acceptors (Lipinski definition) is 9. The number of carbonyl (C=O) groups excluding carboxylic acids is 2. The lowest BCUT2D eigenvalue weighted by Crippen LogP contribution is -2.58. The number of amides is 2. The zero-order valence-electron chi connectivity index (χ0n) is 25.9. The molecule has 4 heterocycles. The predicted molar refractivity (Wildman–Crippen MR) is 168 cm³/mol. The molecule has 3 N–H and O–H groups in total. The largest absolute Gasteiger partial charge is 0.476 e. The van der Waals surface area contributed by atoms with Gasteiger partial charge in [-0.1, -0.05) is 6.92 Å². The van der Waals surface area contributed by atoms with Crippen LogP contribution in [0.4, 0.5) is 20.3 Å². The molecule has 2 aromatic carbocycles. The fourth-order valence-corrected chi connectivity index (χ4v) is 6.01. The monoisotopic (exact) mass is 644 g/mol. The van der Waals surface area contributed by atoms with Crippen LogP contribution >= 0.6 is 0 Å². The highest BCUT2D eigenvalue weighted by molar-refractivity contribution is 5.96. The number of aromatic nitrogens is 3. The lowest BCUT2D eigenvalue weighted by molar-refractivity contribution is -0.137. The minimum atomic E-state index is -1.20. The van der Waals surface area contributed by atoms with Gasteiger partial charge in [-0.15, -0.1) is 0 Å². The highest BCUT2D eigenvalue weighted by atomic mass is 19.2. The van der Waals surface area contributed by atoms with E-state index in [2.05, 4.69) is 20.6 Å². The molecule has 4 aromatic rings.